The van der Waals surface area contributed by atoms with Crippen LogP contribution in [0.1, 0.15) is 54.9 Å². The molecule has 11 heteroatoms. The molecule has 0 unspecified atom stereocenters. The van der Waals surface area contributed by atoms with Crippen LogP contribution in [0, 0.1) is 11.8 Å². The molecule has 0 atom stereocenters. The fraction of sp³-hybridized carbons (Fsp3) is 0.714. The van der Waals surface area contributed by atoms with Crippen LogP contribution in [-0.2, 0) is 15.0 Å². The van der Waals surface area contributed by atoms with Gasteiger partial charge in [-0.3, -0.25) is 14.9 Å². The standard InChI is InChI=1S/C21H42F3N5O2S/c1-10-12-28(21(22,23)24)19(14-16(3)4)26-32(25,30)18(7)20(31-15-17(5)6)29(13-11-2)27(8)9/h10,12,14,16-17,32H,11,13,15H2,1-9H3,(H3,25,26,30)/b12-10-,19-14+,20-18-. The number of nitrogens with one attached hydrogen (secondary N) is 1. The second-order valence-electron chi connectivity index (χ2n) is 8.45. The number of nitrogens with zero attached hydrogens (tertiary/aromatic N) is 3. The van der Waals surface area contributed by atoms with Gasteiger partial charge in [-0.2, -0.15) is 0 Å². The van der Waals surface area contributed by atoms with Gasteiger partial charge in [-0.25, -0.2) is 14.1 Å². The molecule has 0 aromatic carbocycles. The zero-order chi connectivity index (χ0) is 25.3. The van der Waals surface area contributed by atoms with E-state index < -0.39 is 22.4 Å². The maximum atomic E-state index is 13.7. The summed E-state index contributed by atoms with van der Waals surface area (Å²) in [5.74, 6) is -0.199. The second kappa shape index (κ2) is 13.1. The monoisotopic (exact) mass is 485 g/mol. The van der Waals surface area contributed by atoms with Crippen LogP contribution in [0.4, 0.5) is 13.2 Å². The van der Waals surface area contributed by atoms with Crippen LogP contribution in [0.3, 0.4) is 0 Å². The van der Waals surface area contributed by atoms with E-state index >= 15 is 0 Å². The van der Waals surface area contributed by atoms with E-state index in [1.807, 2.05) is 20.8 Å². The van der Waals surface area contributed by atoms with Crippen LogP contribution >= 0.6 is 0 Å². The molecule has 0 aromatic heterocycles. The highest BCUT2D eigenvalue weighted by Crippen LogP contribution is 2.28. The molecule has 0 saturated carbocycles. The first-order chi connectivity index (χ1) is 14.6. The summed E-state index contributed by atoms with van der Waals surface area (Å²) >= 11 is 0. The Labute approximate surface area is 192 Å². The summed E-state index contributed by atoms with van der Waals surface area (Å²) < 4.78 is 63.1. The van der Waals surface area contributed by atoms with E-state index in [1.54, 1.807) is 38.0 Å². The highest BCUT2D eigenvalue weighted by atomic mass is 32.3. The Hall–Kier alpha value is -1.72. The van der Waals surface area contributed by atoms with Crippen molar-refractivity contribution < 1.29 is 22.1 Å². The van der Waals surface area contributed by atoms with Gasteiger partial charge in [-0.1, -0.05) is 40.7 Å². The van der Waals surface area contributed by atoms with Gasteiger partial charge in [0.1, 0.15) is 5.82 Å². The number of hydrazine groups is 1. The van der Waals surface area contributed by atoms with Crippen molar-refractivity contribution in [2.45, 2.75) is 61.2 Å². The van der Waals surface area contributed by atoms with Gasteiger partial charge in [0.2, 0.25) is 5.88 Å². The van der Waals surface area contributed by atoms with Gasteiger partial charge in [0, 0.05) is 37.1 Å². The van der Waals surface area contributed by atoms with Crippen molar-refractivity contribution in [2.24, 2.45) is 17.0 Å². The van der Waals surface area contributed by atoms with Gasteiger partial charge in [0.25, 0.3) is 0 Å². The van der Waals surface area contributed by atoms with Crippen molar-refractivity contribution in [3.8, 4) is 0 Å². The summed E-state index contributed by atoms with van der Waals surface area (Å²) in [6.07, 6.45) is -0.513. The lowest BCUT2D eigenvalue weighted by Gasteiger charge is -2.37. The highest BCUT2D eigenvalue weighted by Gasteiger charge is 2.39. The molecule has 0 spiro atoms. The topological polar surface area (TPSA) is 74.1 Å². The number of allylic oxidation sites excluding steroid dienone is 3. The van der Waals surface area contributed by atoms with Crippen LogP contribution in [-0.4, -0.2) is 52.7 Å². The Kier molecular flexibility index (Phi) is 12.4. The molecular formula is C21H42F3N5O2S. The third-order valence-corrected chi connectivity index (χ3v) is 5.87. The van der Waals surface area contributed by atoms with E-state index in [9.17, 15) is 17.4 Å². The molecule has 0 saturated heterocycles. The van der Waals surface area contributed by atoms with E-state index in [0.717, 1.165) is 12.6 Å². The lowest BCUT2D eigenvalue weighted by molar-refractivity contribution is -0.216. The number of halogens is 3. The summed E-state index contributed by atoms with van der Waals surface area (Å²) in [5.41, 5.74) is 0. The Morgan fingerprint density at radius 3 is 2.16 bits per heavy atom. The number of thiol groups is 1. The number of nitrogens with two attached hydrogens (primary N) is 1. The highest BCUT2D eigenvalue weighted by molar-refractivity contribution is 8.02. The number of rotatable bonds is 13. The van der Waals surface area contributed by atoms with Gasteiger partial charge in [0.05, 0.1) is 11.5 Å². The van der Waals surface area contributed by atoms with Crippen molar-refractivity contribution in [1.82, 2.24) is 19.6 Å². The SMILES string of the molecule is C/C=C\N(/C(=C/C(C)C)N[SH](N)(=O)/C(C)=C(\OCC(C)C)N(CCC)N(C)C)C(F)(F)F. The minimum absolute atomic E-state index is 0.0736. The van der Waals surface area contributed by atoms with Crippen molar-refractivity contribution in [3.63, 3.8) is 0 Å². The van der Waals surface area contributed by atoms with Gasteiger partial charge in [-0.15, -0.1) is 13.2 Å². The van der Waals surface area contributed by atoms with Crippen LogP contribution < -0.4 is 9.86 Å². The predicted molar refractivity (Wildman–Crippen MR) is 127 cm³/mol. The van der Waals surface area contributed by atoms with Crippen LogP contribution in [0.15, 0.2) is 35.0 Å². The molecule has 0 heterocycles. The minimum Gasteiger partial charge on any atom is -0.477 e. The van der Waals surface area contributed by atoms with Crippen molar-refractivity contribution >= 4 is 10.3 Å². The minimum atomic E-state index is -4.73. The van der Waals surface area contributed by atoms with Crippen molar-refractivity contribution in [3.05, 3.63) is 35.0 Å². The molecular weight excluding hydrogens is 443 g/mol. The molecule has 0 aromatic rings. The summed E-state index contributed by atoms with van der Waals surface area (Å²) in [6, 6.07) is 0. The molecule has 32 heavy (non-hydrogen) atoms. The van der Waals surface area contributed by atoms with E-state index in [1.165, 1.54) is 26.0 Å². The fourth-order valence-electron chi connectivity index (χ4n) is 2.64. The average molecular weight is 486 g/mol. The summed E-state index contributed by atoms with van der Waals surface area (Å²) in [7, 11) is -0.377. The molecule has 190 valence electrons. The summed E-state index contributed by atoms with van der Waals surface area (Å²) in [6.45, 7) is 13.2. The molecule has 0 aliphatic heterocycles. The number of alkyl halides is 3. The van der Waals surface area contributed by atoms with Gasteiger partial charge < -0.3 is 4.74 Å². The molecule has 0 amide bonds. The van der Waals surface area contributed by atoms with Crippen LogP contribution in [0.25, 0.3) is 0 Å². The third kappa shape index (κ3) is 9.83. The maximum Gasteiger partial charge on any atom is 0.490 e. The van der Waals surface area contributed by atoms with E-state index in [-0.39, 0.29) is 27.5 Å². The molecule has 0 rings (SSSR count). The Morgan fingerprint density at radius 2 is 1.78 bits per heavy atom. The molecule has 0 aliphatic carbocycles. The van der Waals surface area contributed by atoms with E-state index in [2.05, 4.69) is 4.72 Å². The second-order valence-corrected chi connectivity index (χ2v) is 10.7. The molecule has 0 bridgehead atoms. The number of hydrogen-bond acceptors (Lipinski definition) is 5. The summed E-state index contributed by atoms with van der Waals surface area (Å²) in [5, 5.41) is 9.71. The quantitative estimate of drug-likeness (QED) is 0.157. The zero-order valence-electron chi connectivity index (χ0n) is 20.8. The lowest BCUT2D eigenvalue weighted by atomic mass is 10.2. The number of hydrogen-bond donors (Lipinski definition) is 3. The van der Waals surface area contributed by atoms with Crippen molar-refractivity contribution in [1.29, 1.82) is 0 Å². The third-order valence-electron chi connectivity index (χ3n) is 4.12. The first kappa shape index (κ1) is 30.3. The van der Waals surface area contributed by atoms with Crippen molar-refractivity contribution in [2.75, 3.05) is 27.2 Å². The van der Waals surface area contributed by atoms with E-state index in [4.69, 9.17) is 9.88 Å². The average Bonchev–Trinajstić information content (AvgIpc) is 2.62. The normalized spacial score (nSPS) is 14.9. The maximum absolute atomic E-state index is 13.7. The number of ether oxygens (including phenoxy) is 1. The summed E-state index contributed by atoms with van der Waals surface area (Å²) in [4.78, 5) is 0.224. The largest absolute Gasteiger partial charge is 0.490 e. The fourth-order valence-corrected chi connectivity index (χ4v) is 3.79. The van der Waals surface area contributed by atoms with Gasteiger partial charge >= 0.3 is 6.30 Å². The molecule has 7 nitrogen and oxygen atoms in total. The Morgan fingerprint density at radius 1 is 1.22 bits per heavy atom. The van der Waals surface area contributed by atoms with Crippen LogP contribution in [0.5, 0.6) is 0 Å². The van der Waals surface area contributed by atoms with Gasteiger partial charge in [0.15, 0.2) is 0 Å². The molecule has 0 fully saturated rings. The Balaban J connectivity index is 6.53. The lowest BCUT2D eigenvalue weighted by Crippen LogP contribution is -2.48. The zero-order valence-corrected chi connectivity index (χ0v) is 21.7. The molecule has 3 N–H and O–H groups in total. The van der Waals surface area contributed by atoms with Gasteiger partial charge in [-0.05, 0) is 38.2 Å². The smallest absolute Gasteiger partial charge is 0.477 e. The predicted octanol–water partition coefficient (Wildman–Crippen LogP) is 4.28. The Bertz CT molecular complexity index is 719. The first-order valence-electron chi connectivity index (χ1n) is 10.7. The molecule has 0 aliphatic rings. The van der Waals surface area contributed by atoms with Crippen LogP contribution in [0.2, 0.25) is 0 Å². The van der Waals surface area contributed by atoms with E-state index in [0.29, 0.717) is 13.2 Å². The molecule has 0 radical (unpaired) electrons. The first-order valence-corrected chi connectivity index (χ1v) is 12.5.